The van der Waals surface area contributed by atoms with Crippen molar-refractivity contribution in [3.05, 3.63) is 6.92 Å². The van der Waals surface area contributed by atoms with Gasteiger partial charge in [-0.1, -0.05) is 13.8 Å². The zero-order valence-corrected chi connectivity index (χ0v) is 10.3. The summed E-state index contributed by atoms with van der Waals surface area (Å²) in [6.45, 7) is 9.00. The maximum absolute atomic E-state index is 3.25. The zero-order chi connectivity index (χ0) is 4.00. The predicted molar refractivity (Wildman–Crippen MR) is 27.4 cm³/mol. The SMILES string of the molecule is CC.N.[CH2-]C.[Rb+]. The third kappa shape index (κ3) is 42.0. The van der Waals surface area contributed by atoms with Gasteiger partial charge in [0.1, 0.15) is 0 Å². The van der Waals surface area contributed by atoms with Crippen LogP contribution in [-0.2, 0) is 0 Å². The van der Waals surface area contributed by atoms with Crippen LogP contribution in [-0.4, -0.2) is 0 Å². The molecule has 0 amide bonds. The van der Waals surface area contributed by atoms with Crippen LogP contribution < -0.4 is 64.3 Å². The minimum Gasteiger partial charge on any atom is -0.346 e. The van der Waals surface area contributed by atoms with Crippen LogP contribution in [0.4, 0.5) is 0 Å². The largest absolute Gasteiger partial charge is 1.00 e. The van der Waals surface area contributed by atoms with Gasteiger partial charge in [0, 0.05) is 0 Å². The Hall–Kier alpha value is 1.77. The molecule has 36 valence electrons. The molecule has 0 spiro atoms. The van der Waals surface area contributed by atoms with Gasteiger partial charge in [0.15, 0.2) is 0 Å². The summed E-state index contributed by atoms with van der Waals surface area (Å²) in [5, 5.41) is 0. The molecule has 0 bridgehead atoms. The van der Waals surface area contributed by atoms with Gasteiger partial charge < -0.3 is 13.1 Å². The first-order chi connectivity index (χ1) is 2.00. The average molecular weight is 162 g/mol. The van der Waals surface area contributed by atoms with Gasteiger partial charge in [0.2, 0.25) is 0 Å². The van der Waals surface area contributed by atoms with Crippen LogP contribution in [0.5, 0.6) is 0 Å². The summed E-state index contributed by atoms with van der Waals surface area (Å²) < 4.78 is 0. The second-order valence-corrected chi connectivity index (χ2v) is 0. The molecule has 0 aliphatic rings. The maximum Gasteiger partial charge on any atom is 1.00 e. The fourth-order valence-electron chi connectivity index (χ4n) is 0. The summed E-state index contributed by atoms with van der Waals surface area (Å²) in [6.07, 6.45) is 0. The first kappa shape index (κ1) is 25.1. The normalized spacial score (nSPS) is 2.00. The molecule has 0 unspecified atom stereocenters. The molecule has 2 heteroatoms. The molecule has 0 saturated carbocycles. The van der Waals surface area contributed by atoms with Crippen molar-refractivity contribution in [1.82, 2.24) is 6.15 Å². The van der Waals surface area contributed by atoms with Crippen LogP contribution >= 0.6 is 0 Å². The van der Waals surface area contributed by atoms with Gasteiger partial charge in [0.05, 0.1) is 0 Å². The van der Waals surface area contributed by atoms with Crippen LogP contribution in [0.25, 0.3) is 0 Å². The molecule has 0 atom stereocenters. The van der Waals surface area contributed by atoms with Crippen molar-refractivity contribution in [2.45, 2.75) is 20.8 Å². The van der Waals surface area contributed by atoms with Gasteiger partial charge >= 0.3 is 58.2 Å². The average Bonchev–Trinajstić information content (AvgIpc) is 1.50. The van der Waals surface area contributed by atoms with Crippen molar-refractivity contribution < 1.29 is 58.2 Å². The Balaban J connectivity index is -0.00000000500. The quantitative estimate of drug-likeness (QED) is 0.456. The monoisotopic (exact) mass is 161 g/mol. The van der Waals surface area contributed by atoms with Gasteiger partial charge in [-0.15, -0.1) is 0 Å². The van der Waals surface area contributed by atoms with Gasteiger partial charge in [-0.05, 0) is 0 Å². The minimum atomic E-state index is 0. The van der Waals surface area contributed by atoms with E-state index in [0.717, 1.165) is 0 Å². The molecule has 0 fully saturated rings. The molecule has 0 saturated heterocycles. The van der Waals surface area contributed by atoms with Crippen LogP contribution in [0.15, 0.2) is 0 Å². The molecule has 0 aromatic heterocycles. The molecule has 0 aliphatic heterocycles. The molecule has 0 aromatic rings. The number of hydrogen-bond acceptors (Lipinski definition) is 1. The van der Waals surface area contributed by atoms with E-state index < -0.39 is 0 Å². The fourth-order valence-corrected chi connectivity index (χ4v) is 0. The summed E-state index contributed by atoms with van der Waals surface area (Å²) in [5.74, 6) is 0. The molecule has 0 aromatic carbocycles. The van der Waals surface area contributed by atoms with Crippen molar-refractivity contribution in [3.63, 3.8) is 0 Å². The summed E-state index contributed by atoms with van der Waals surface area (Å²) in [5.41, 5.74) is 0. The van der Waals surface area contributed by atoms with Crippen molar-refractivity contribution in [2.24, 2.45) is 0 Å². The third-order valence-electron chi connectivity index (χ3n) is 0. The van der Waals surface area contributed by atoms with Crippen LogP contribution in [0.3, 0.4) is 0 Å². The molecule has 0 radical (unpaired) electrons. The number of hydrogen-bond donors (Lipinski definition) is 1. The smallest absolute Gasteiger partial charge is 0.346 e. The minimum absolute atomic E-state index is 0. The number of rotatable bonds is 0. The van der Waals surface area contributed by atoms with Crippen molar-refractivity contribution in [2.75, 3.05) is 0 Å². The summed E-state index contributed by atoms with van der Waals surface area (Å²) in [7, 11) is 0. The van der Waals surface area contributed by atoms with E-state index in [2.05, 4.69) is 6.92 Å². The summed E-state index contributed by atoms with van der Waals surface area (Å²) in [4.78, 5) is 0. The molecule has 0 aliphatic carbocycles. The third-order valence-corrected chi connectivity index (χ3v) is 0. The van der Waals surface area contributed by atoms with Crippen LogP contribution in [0.2, 0.25) is 0 Å². The van der Waals surface area contributed by atoms with E-state index >= 15 is 0 Å². The Labute approximate surface area is 90.3 Å². The molecule has 0 heterocycles. The molecule has 0 rings (SSSR count). The first-order valence-electron chi connectivity index (χ1n) is 1.71. The fraction of sp³-hybridized carbons (Fsp3) is 0.750. The molecule has 3 N–H and O–H groups in total. The molecule has 1 nitrogen and oxygen atoms in total. The zero-order valence-electron chi connectivity index (χ0n) is 5.41. The van der Waals surface area contributed by atoms with Gasteiger partial charge in [-0.2, -0.15) is 6.92 Å². The Morgan fingerprint density at radius 3 is 1.00 bits per heavy atom. The first-order valence-corrected chi connectivity index (χ1v) is 1.71. The second-order valence-electron chi connectivity index (χ2n) is 0. The van der Waals surface area contributed by atoms with E-state index in [1.165, 1.54) is 0 Å². The van der Waals surface area contributed by atoms with Crippen LogP contribution in [0.1, 0.15) is 20.8 Å². The Morgan fingerprint density at radius 1 is 1.00 bits per heavy atom. The van der Waals surface area contributed by atoms with Crippen molar-refractivity contribution in [3.8, 4) is 0 Å². The van der Waals surface area contributed by atoms with E-state index in [1.54, 1.807) is 6.92 Å². The summed E-state index contributed by atoms with van der Waals surface area (Å²) in [6, 6.07) is 0. The molecular weight excluding hydrogens is 148 g/mol. The molecular formula is C4H14NRb. The summed E-state index contributed by atoms with van der Waals surface area (Å²) >= 11 is 0. The van der Waals surface area contributed by atoms with Gasteiger partial charge in [-0.25, -0.2) is 0 Å². The van der Waals surface area contributed by atoms with E-state index in [-0.39, 0.29) is 64.3 Å². The maximum atomic E-state index is 3.25. The van der Waals surface area contributed by atoms with Crippen LogP contribution in [0, 0.1) is 6.92 Å². The Bertz CT molecular complexity index is 7.51. The van der Waals surface area contributed by atoms with Gasteiger partial charge in [0.25, 0.3) is 0 Å². The van der Waals surface area contributed by atoms with E-state index in [0.29, 0.717) is 0 Å². The van der Waals surface area contributed by atoms with Crippen molar-refractivity contribution >= 4 is 0 Å². The van der Waals surface area contributed by atoms with E-state index in [4.69, 9.17) is 0 Å². The Morgan fingerprint density at radius 2 is 1.00 bits per heavy atom. The van der Waals surface area contributed by atoms with Crippen molar-refractivity contribution in [1.29, 1.82) is 0 Å². The van der Waals surface area contributed by atoms with E-state index in [1.807, 2.05) is 13.8 Å². The predicted octanol–water partition coefficient (Wildman–Crippen LogP) is -0.967. The van der Waals surface area contributed by atoms with Gasteiger partial charge in [-0.3, -0.25) is 0 Å². The second kappa shape index (κ2) is 72.2. The molecule has 6 heavy (non-hydrogen) atoms. The Kier molecular flexibility index (Phi) is 302. The topological polar surface area (TPSA) is 35.0 Å². The van der Waals surface area contributed by atoms with E-state index in [9.17, 15) is 0 Å². The standard InChI is InChI=1S/C2H6.C2H5.H3N.Rb/c2*1-2;;/h1-2H3;1H2,2H3;1H3;/q;-1;;+1.